The third-order valence-electron chi connectivity index (χ3n) is 4.29. The highest BCUT2D eigenvalue weighted by atomic mass is 14.9. The van der Waals surface area contributed by atoms with Gasteiger partial charge in [-0.25, -0.2) is 4.98 Å². The molecule has 0 atom stereocenters. The first-order chi connectivity index (χ1) is 10.2. The van der Waals surface area contributed by atoms with Gasteiger partial charge in [-0.3, -0.25) is 0 Å². The van der Waals surface area contributed by atoms with E-state index in [1.807, 2.05) is 0 Å². The Labute approximate surface area is 124 Å². The second-order valence-electron chi connectivity index (χ2n) is 5.97. The van der Waals surface area contributed by atoms with Gasteiger partial charge in [-0.15, -0.1) is 0 Å². The Kier molecular flexibility index (Phi) is 2.82. The zero-order valence-electron chi connectivity index (χ0n) is 12.5. The second-order valence-corrected chi connectivity index (χ2v) is 5.97. The number of hydrogen-bond acceptors (Lipinski definition) is 2. The van der Waals surface area contributed by atoms with Crippen molar-refractivity contribution in [1.29, 1.82) is 0 Å². The Morgan fingerprint density at radius 2 is 1.95 bits per heavy atom. The summed E-state index contributed by atoms with van der Waals surface area (Å²) < 4.78 is 0. The van der Waals surface area contributed by atoms with Crippen LogP contribution in [0, 0.1) is 13.8 Å². The number of aromatic nitrogens is 2. The summed E-state index contributed by atoms with van der Waals surface area (Å²) in [7, 11) is 0. The van der Waals surface area contributed by atoms with Crippen molar-refractivity contribution in [3.8, 4) is 11.4 Å². The van der Waals surface area contributed by atoms with Crippen LogP contribution >= 0.6 is 0 Å². The van der Waals surface area contributed by atoms with Crippen molar-refractivity contribution >= 4 is 11.0 Å². The van der Waals surface area contributed by atoms with Gasteiger partial charge in [0.15, 0.2) is 0 Å². The van der Waals surface area contributed by atoms with E-state index in [0.717, 1.165) is 36.4 Å². The molecule has 1 aliphatic rings. The molecule has 0 amide bonds. The predicted octanol–water partition coefficient (Wildman–Crippen LogP) is 3.49. The van der Waals surface area contributed by atoms with Crippen LogP contribution in [-0.4, -0.2) is 16.5 Å². The third-order valence-corrected chi connectivity index (χ3v) is 4.29. The summed E-state index contributed by atoms with van der Waals surface area (Å²) in [4.78, 5) is 8.27. The maximum Gasteiger partial charge on any atom is 0.138 e. The zero-order valence-corrected chi connectivity index (χ0v) is 12.5. The standard InChI is InChI=1S/C18H19N3/c1-11-7-12(2)17-16(8-11)20-18(21-17)14-4-3-13-5-6-19-10-15(13)9-14/h3-4,7-9,19H,5-6,10H2,1-2H3,(H,20,21). The first kappa shape index (κ1) is 12.6. The van der Waals surface area contributed by atoms with Crippen molar-refractivity contribution in [2.75, 3.05) is 6.54 Å². The lowest BCUT2D eigenvalue weighted by Crippen LogP contribution is -2.23. The van der Waals surface area contributed by atoms with Crippen LogP contribution in [0.5, 0.6) is 0 Å². The first-order valence-electron chi connectivity index (χ1n) is 7.50. The van der Waals surface area contributed by atoms with E-state index < -0.39 is 0 Å². The van der Waals surface area contributed by atoms with Gasteiger partial charge in [0.05, 0.1) is 11.0 Å². The second kappa shape index (κ2) is 4.71. The molecule has 0 fully saturated rings. The van der Waals surface area contributed by atoms with Crippen molar-refractivity contribution in [2.45, 2.75) is 26.8 Å². The van der Waals surface area contributed by atoms with Gasteiger partial charge in [-0.2, -0.15) is 0 Å². The van der Waals surface area contributed by atoms with E-state index >= 15 is 0 Å². The molecule has 1 aromatic heterocycles. The van der Waals surface area contributed by atoms with Gasteiger partial charge in [0, 0.05) is 12.1 Å². The Bertz CT molecular complexity index is 830. The Hall–Kier alpha value is -2.13. The van der Waals surface area contributed by atoms with Gasteiger partial charge in [0.2, 0.25) is 0 Å². The molecule has 0 saturated carbocycles. The van der Waals surface area contributed by atoms with Crippen LogP contribution < -0.4 is 5.32 Å². The first-order valence-corrected chi connectivity index (χ1v) is 7.50. The van der Waals surface area contributed by atoms with E-state index in [1.165, 1.54) is 27.8 Å². The van der Waals surface area contributed by atoms with Crippen LogP contribution in [0.25, 0.3) is 22.4 Å². The summed E-state index contributed by atoms with van der Waals surface area (Å²) >= 11 is 0. The number of hydrogen-bond donors (Lipinski definition) is 2. The fraction of sp³-hybridized carbons (Fsp3) is 0.278. The number of nitrogens with zero attached hydrogens (tertiary/aromatic N) is 1. The van der Waals surface area contributed by atoms with E-state index in [0.29, 0.717) is 0 Å². The molecule has 21 heavy (non-hydrogen) atoms. The Balaban J connectivity index is 1.84. The summed E-state index contributed by atoms with van der Waals surface area (Å²) in [5.41, 5.74) is 8.72. The molecule has 0 spiro atoms. The minimum Gasteiger partial charge on any atom is -0.338 e. The van der Waals surface area contributed by atoms with Crippen LogP contribution in [0.2, 0.25) is 0 Å². The molecule has 0 aliphatic carbocycles. The molecule has 4 rings (SSSR count). The normalized spacial score (nSPS) is 14.4. The number of imidazole rings is 1. The lowest BCUT2D eigenvalue weighted by Gasteiger charge is -2.17. The van der Waals surface area contributed by atoms with Crippen LogP contribution in [-0.2, 0) is 13.0 Å². The molecule has 0 bridgehead atoms. The fourth-order valence-corrected chi connectivity index (χ4v) is 3.24. The van der Waals surface area contributed by atoms with Gasteiger partial charge < -0.3 is 10.3 Å². The average Bonchev–Trinajstić information content (AvgIpc) is 2.91. The van der Waals surface area contributed by atoms with Crippen LogP contribution in [0.3, 0.4) is 0 Å². The number of rotatable bonds is 1. The number of aryl methyl sites for hydroxylation is 2. The minimum atomic E-state index is 0.960. The molecule has 106 valence electrons. The van der Waals surface area contributed by atoms with Crippen LogP contribution in [0.15, 0.2) is 30.3 Å². The maximum atomic E-state index is 4.80. The number of nitrogens with one attached hydrogen (secondary N) is 2. The largest absolute Gasteiger partial charge is 0.338 e. The molecule has 2 heterocycles. The van der Waals surface area contributed by atoms with E-state index in [2.05, 4.69) is 54.5 Å². The minimum absolute atomic E-state index is 0.960. The van der Waals surface area contributed by atoms with E-state index in [-0.39, 0.29) is 0 Å². The van der Waals surface area contributed by atoms with Crippen molar-refractivity contribution in [3.63, 3.8) is 0 Å². The SMILES string of the molecule is Cc1cc(C)c2nc(-c3ccc4c(c3)CNCC4)[nH]c2c1. The van der Waals surface area contributed by atoms with Gasteiger partial charge in [-0.05, 0) is 61.2 Å². The molecule has 3 heteroatoms. The van der Waals surface area contributed by atoms with E-state index in [1.54, 1.807) is 0 Å². The van der Waals surface area contributed by atoms with Crippen molar-refractivity contribution < 1.29 is 0 Å². The van der Waals surface area contributed by atoms with Crippen molar-refractivity contribution in [3.05, 3.63) is 52.6 Å². The van der Waals surface area contributed by atoms with E-state index in [4.69, 9.17) is 4.98 Å². The smallest absolute Gasteiger partial charge is 0.138 e. The molecule has 1 aliphatic heterocycles. The lowest BCUT2D eigenvalue weighted by molar-refractivity contribution is 0.644. The predicted molar refractivity (Wildman–Crippen MR) is 86.4 cm³/mol. The van der Waals surface area contributed by atoms with Gasteiger partial charge in [0.25, 0.3) is 0 Å². The van der Waals surface area contributed by atoms with Crippen molar-refractivity contribution in [1.82, 2.24) is 15.3 Å². The number of benzene rings is 2. The molecule has 0 radical (unpaired) electrons. The quantitative estimate of drug-likeness (QED) is 0.715. The highest BCUT2D eigenvalue weighted by Gasteiger charge is 2.12. The molecular weight excluding hydrogens is 258 g/mol. The Morgan fingerprint density at radius 3 is 2.86 bits per heavy atom. The van der Waals surface area contributed by atoms with E-state index in [9.17, 15) is 0 Å². The molecule has 2 aromatic carbocycles. The van der Waals surface area contributed by atoms with Crippen LogP contribution in [0.4, 0.5) is 0 Å². The summed E-state index contributed by atoms with van der Waals surface area (Å²) in [5.74, 6) is 0.965. The van der Waals surface area contributed by atoms with Crippen LogP contribution in [0.1, 0.15) is 22.3 Å². The average molecular weight is 277 g/mol. The number of H-pyrrole nitrogens is 1. The zero-order chi connectivity index (χ0) is 14.4. The van der Waals surface area contributed by atoms with Crippen molar-refractivity contribution in [2.24, 2.45) is 0 Å². The molecule has 0 saturated heterocycles. The highest BCUT2D eigenvalue weighted by Crippen LogP contribution is 2.26. The molecule has 3 aromatic rings. The highest BCUT2D eigenvalue weighted by molar-refractivity contribution is 5.83. The Morgan fingerprint density at radius 1 is 1.05 bits per heavy atom. The monoisotopic (exact) mass is 277 g/mol. The summed E-state index contributed by atoms with van der Waals surface area (Å²) in [6, 6.07) is 11.0. The number of aromatic amines is 1. The summed E-state index contributed by atoms with van der Waals surface area (Å²) in [6.45, 7) is 6.28. The topological polar surface area (TPSA) is 40.7 Å². The fourth-order valence-electron chi connectivity index (χ4n) is 3.24. The van der Waals surface area contributed by atoms with Gasteiger partial charge in [-0.1, -0.05) is 18.2 Å². The van der Waals surface area contributed by atoms with Gasteiger partial charge in [0.1, 0.15) is 5.82 Å². The molecule has 3 nitrogen and oxygen atoms in total. The molecule has 2 N–H and O–H groups in total. The summed E-state index contributed by atoms with van der Waals surface area (Å²) in [6.07, 6.45) is 1.12. The maximum absolute atomic E-state index is 4.80. The molecule has 0 unspecified atom stereocenters. The third kappa shape index (κ3) is 2.14. The summed E-state index contributed by atoms with van der Waals surface area (Å²) in [5, 5.41) is 3.43. The number of fused-ring (bicyclic) bond motifs is 2. The molecular formula is C18H19N3. The lowest BCUT2D eigenvalue weighted by atomic mass is 9.98. The van der Waals surface area contributed by atoms with Gasteiger partial charge >= 0.3 is 0 Å².